The number of carbonyl (C=O) groups excluding carboxylic acids is 2. The first-order chi connectivity index (χ1) is 13.1. The van der Waals surface area contributed by atoms with E-state index in [-0.39, 0.29) is 11.6 Å². The number of carbonyl (C=O) groups is 2. The van der Waals surface area contributed by atoms with Crippen LogP contribution in [0.25, 0.3) is 0 Å². The molecule has 1 N–H and O–H groups in total. The van der Waals surface area contributed by atoms with Crippen molar-refractivity contribution in [3.8, 4) is 11.5 Å². The van der Waals surface area contributed by atoms with Crippen LogP contribution in [-0.2, 0) is 4.79 Å². The van der Waals surface area contributed by atoms with Crippen molar-refractivity contribution in [1.29, 1.82) is 0 Å². The fourth-order valence-corrected chi connectivity index (χ4v) is 2.76. The highest BCUT2D eigenvalue weighted by atomic mass is 16.5. The molecular weight excluding hydrogens is 350 g/mol. The summed E-state index contributed by atoms with van der Waals surface area (Å²) in [5.41, 5.74) is 1.03. The van der Waals surface area contributed by atoms with E-state index in [4.69, 9.17) is 9.47 Å². The lowest BCUT2D eigenvalue weighted by Gasteiger charge is -2.32. The molecule has 2 aromatic rings. The maximum Gasteiger partial charge on any atom is 0.274 e. The van der Waals surface area contributed by atoms with E-state index < -0.39 is 0 Å². The number of nitrogens with zero attached hydrogens (tertiary/aromatic N) is 4. The molecule has 0 spiro atoms. The van der Waals surface area contributed by atoms with Crippen molar-refractivity contribution in [2.24, 2.45) is 0 Å². The Morgan fingerprint density at radius 3 is 2.41 bits per heavy atom. The summed E-state index contributed by atoms with van der Waals surface area (Å²) in [7, 11) is 3.14. The minimum absolute atomic E-state index is 0.189. The molecule has 9 heteroatoms. The molecule has 27 heavy (non-hydrogen) atoms. The van der Waals surface area contributed by atoms with Crippen LogP contribution in [0.2, 0.25) is 0 Å². The van der Waals surface area contributed by atoms with Gasteiger partial charge in [-0.2, -0.15) is 0 Å². The molecule has 0 radical (unpaired) electrons. The molecule has 0 aliphatic carbocycles. The largest absolute Gasteiger partial charge is 0.493 e. The van der Waals surface area contributed by atoms with E-state index in [0.717, 1.165) is 12.1 Å². The summed E-state index contributed by atoms with van der Waals surface area (Å²) in [6, 6.07) is 5.40. The van der Waals surface area contributed by atoms with Gasteiger partial charge in [-0.15, -0.1) is 0 Å². The van der Waals surface area contributed by atoms with Crippen LogP contribution in [0.5, 0.6) is 11.5 Å². The summed E-state index contributed by atoms with van der Waals surface area (Å²) >= 11 is 0. The number of ether oxygens (including phenoxy) is 2. The van der Waals surface area contributed by atoms with Gasteiger partial charge in [0.25, 0.3) is 5.91 Å². The van der Waals surface area contributed by atoms with Crippen molar-refractivity contribution in [3.63, 3.8) is 0 Å². The van der Waals surface area contributed by atoms with Gasteiger partial charge in [0.2, 0.25) is 6.41 Å². The lowest BCUT2D eigenvalue weighted by atomic mass is 10.2. The first-order valence-electron chi connectivity index (χ1n) is 8.44. The molecule has 9 nitrogen and oxygen atoms in total. The molecule has 2 heterocycles. The van der Waals surface area contributed by atoms with E-state index in [9.17, 15) is 9.59 Å². The molecule has 1 aliphatic heterocycles. The Morgan fingerprint density at radius 2 is 1.81 bits per heavy atom. The van der Waals surface area contributed by atoms with Crippen LogP contribution in [0, 0.1) is 0 Å². The van der Waals surface area contributed by atoms with Gasteiger partial charge < -0.3 is 24.6 Å². The first kappa shape index (κ1) is 18.4. The summed E-state index contributed by atoms with van der Waals surface area (Å²) in [5.74, 6) is 1.54. The van der Waals surface area contributed by atoms with Gasteiger partial charge in [0.1, 0.15) is 11.5 Å². The normalized spacial score (nSPS) is 13.9. The Bertz CT molecular complexity index is 804. The number of benzene rings is 1. The number of amides is 2. The number of hydrogen-bond acceptors (Lipinski definition) is 7. The SMILES string of the molecule is COc1ccc(Nc2cnc(C(=O)N3CCN(C=O)CC3)cn2)cc1OC. The quantitative estimate of drug-likeness (QED) is 0.761. The fourth-order valence-electron chi connectivity index (χ4n) is 2.76. The van der Waals surface area contributed by atoms with Gasteiger partial charge in [-0.05, 0) is 12.1 Å². The Balaban J connectivity index is 1.65. The summed E-state index contributed by atoms with van der Waals surface area (Å²) < 4.78 is 10.5. The molecule has 1 aliphatic rings. The third kappa shape index (κ3) is 4.25. The second-order valence-electron chi connectivity index (χ2n) is 5.92. The minimum atomic E-state index is -0.189. The molecular formula is C18H21N5O4. The monoisotopic (exact) mass is 371 g/mol. The number of rotatable bonds is 6. The van der Waals surface area contributed by atoms with Crippen LogP contribution < -0.4 is 14.8 Å². The van der Waals surface area contributed by atoms with E-state index >= 15 is 0 Å². The van der Waals surface area contributed by atoms with Crippen LogP contribution in [0.1, 0.15) is 10.5 Å². The van der Waals surface area contributed by atoms with Gasteiger partial charge in [-0.1, -0.05) is 0 Å². The van der Waals surface area contributed by atoms with Crippen molar-refractivity contribution >= 4 is 23.8 Å². The highest BCUT2D eigenvalue weighted by Gasteiger charge is 2.22. The maximum absolute atomic E-state index is 12.5. The molecule has 1 saturated heterocycles. The molecule has 1 fully saturated rings. The van der Waals surface area contributed by atoms with E-state index in [0.29, 0.717) is 43.5 Å². The standard InChI is InChI=1S/C18H21N5O4/c1-26-15-4-3-13(9-16(15)27-2)21-17-11-19-14(10-20-17)18(25)23-7-5-22(12-24)6-8-23/h3-4,9-12H,5-8H2,1-2H3,(H,20,21). The summed E-state index contributed by atoms with van der Waals surface area (Å²) in [6.45, 7) is 2.04. The van der Waals surface area contributed by atoms with Crippen LogP contribution in [0.3, 0.4) is 0 Å². The Morgan fingerprint density at radius 1 is 1.07 bits per heavy atom. The number of piperazine rings is 1. The van der Waals surface area contributed by atoms with Crippen molar-refractivity contribution < 1.29 is 19.1 Å². The van der Waals surface area contributed by atoms with Crippen molar-refractivity contribution in [3.05, 3.63) is 36.3 Å². The van der Waals surface area contributed by atoms with E-state index in [2.05, 4.69) is 15.3 Å². The van der Waals surface area contributed by atoms with Gasteiger partial charge >= 0.3 is 0 Å². The highest BCUT2D eigenvalue weighted by Crippen LogP contribution is 2.30. The van der Waals surface area contributed by atoms with E-state index in [1.807, 2.05) is 6.07 Å². The Labute approximate surface area is 156 Å². The second kappa shape index (κ2) is 8.35. The molecule has 1 aromatic carbocycles. The summed E-state index contributed by atoms with van der Waals surface area (Å²) in [6.07, 6.45) is 3.75. The molecule has 0 unspecified atom stereocenters. The zero-order chi connectivity index (χ0) is 19.2. The topological polar surface area (TPSA) is 96.9 Å². The van der Waals surface area contributed by atoms with E-state index in [1.165, 1.54) is 12.4 Å². The second-order valence-corrected chi connectivity index (χ2v) is 5.92. The summed E-state index contributed by atoms with van der Waals surface area (Å²) in [5, 5.41) is 3.11. The van der Waals surface area contributed by atoms with E-state index in [1.54, 1.807) is 36.2 Å². The fraction of sp³-hybridized carbons (Fsp3) is 0.333. The average molecular weight is 371 g/mol. The molecule has 0 bridgehead atoms. The van der Waals surface area contributed by atoms with Crippen molar-refractivity contribution in [2.75, 3.05) is 45.7 Å². The maximum atomic E-state index is 12.5. The van der Waals surface area contributed by atoms with Crippen molar-refractivity contribution in [1.82, 2.24) is 19.8 Å². The zero-order valence-corrected chi connectivity index (χ0v) is 15.2. The molecule has 142 valence electrons. The van der Waals surface area contributed by atoms with Gasteiger partial charge in [-0.25, -0.2) is 9.97 Å². The molecule has 0 atom stereocenters. The van der Waals surface area contributed by atoms with Gasteiger partial charge in [0, 0.05) is 37.9 Å². The summed E-state index contributed by atoms with van der Waals surface area (Å²) in [4.78, 5) is 35.0. The van der Waals surface area contributed by atoms with Crippen molar-refractivity contribution in [2.45, 2.75) is 0 Å². The average Bonchev–Trinajstić information content (AvgIpc) is 2.73. The molecule has 0 saturated carbocycles. The third-order valence-corrected chi connectivity index (χ3v) is 4.28. The number of methoxy groups -OCH3 is 2. The number of hydrogen-bond donors (Lipinski definition) is 1. The molecule has 3 rings (SSSR count). The smallest absolute Gasteiger partial charge is 0.274 e. The van der Waals surface area contributed by atoms with Crippen LogP contribution in [0.4, 0.5) is 11.5 Å². The van der Waals surface area contributed by atoms with Crippen LogP contribution >= 0.6 is 0 Å². The number of nitrogens with one attached hydrogen (secondary N) is 1. The number of aromatic nitrogens is 2. The van der Waals surface area contributed by atoms with Crippen LogP contribution in [-0.4, -0.2) is 72.5 Å². The lowest BCUT2D eigenvalue weighted by Crippen LogP contribution is -2.48. The molecule has 1 aromatic heterocycles. The Hall–Kier alpha value is -3.36. The first-order valence-corrected chi connectivity index (χ1v) is 8.44. The predicted molar refractivity (Wildman–Crippen MR) is 98.4 cm³/mol. The van der Waals surface area contributed by atoms with Crippen LogP contribution in [0.15, 0.2) is 30.6 Å². The molecule has 2 amide bonds. The zero-order valence-electron chi connectivity index (χ0n) is 15.2. The minimum Gasteiger partial charge on any atom is -0.493 e. The predicted octanol–water partition coefficient (Wildman–Crippen LogP) is 1.15. The lowest BCUT2D eigenvalue weighted by molar-refractivity contribution is -0.119. The Kier molecular flexibility index (Phi) is 5.70. The van der Waals surface area contributed by atoms with Gasteiger partial charge in [0.15, 0.2) is 11.5 Å². The highest BCUT2D eigenvalue weighted by molar-refractivity contribution is 5.92. The van der Waals surface area contributed by atoms with Gasteiger partial charge in [-0.3, -0.25) is 9.59 Å². The third-order valence-electron chi connectivity index (χ3n) is 4.28. The van der Waals surface area contributed by atoms with Gasteiger partial charge in [0.05, 0.1) is 26.6 Å². The number of anilines is 2.